The maximum absolute atomic E-state index is 11.6. The highest BCUT2D eigenvalue weighted by molar-refractivity contribution is 5.68. The molecule has 1 aliphatic rings. The Morgan fingerprint density at radius 1 is 1.22 bits per heavy atom. The van der Waals surface area contributed by atoms with Gasteiger partial charge in [0.1, 0.15) is 5.60 Å². The Hall–Kier alpha value is -0.810. The van der Waals surface area contributed by atoms with Crippen LogP contribution in [0, 0.1) is 0 Å². The number of hydrogen-bond acceptors (Lipinski definition) is 4. The quantitative estimate of drug-likeness (QED) is 0.711. The van der Waals surface area contributed by atoms with Crippen LogP contribution in [0.1, 0.15) is 46.5 Å². The zero-order valence-corrected chi connectivity index (χ0v) is 11.8. The molecular formula is C13H27N3O2. The van der Waals surface area contributed by atoms with Crippen LogP contribution in [0.15, 0.2) is 0 Å². The number of ether oxygens (including phenoxy) is 1. The first-order valence-electron chi connectivity index (χ1n) is 6.83. The molecule has 1 saturated carbocycles. The number of carbonyl (C=O) groups excluding carboxylic acids is 1. The number of amides is 1. The van der Waals surface area contributed by atoms with E-state index in [1.165, 1.54) is 0 Å². The summed E-state index contributed by atoms with van der Waals surface area (Å²) in [4.78, 5) is 11.6. The zero-order valence-electron chi connectivity index (χ0n) is 11.8. The molecule has 1 rings (SSSR count). The Balaban J connectivity index is 2.21. The van der Waals surface area contributed by atoms with Crippen molar-refractivity contribution in [1.29, 1.82) is 0 Å². The Morgan fingerprint density at radius 3 is 2.28 bits per heavy atom. The van der Waals surface area contributed by atoms with Crippen LogP contribution in [-0.2, 0) is 4.74 Å². The van der Waals surface area contributed by atoms with Crippen LogP contribution < -0.4 is 16.4 Å². The maximum Gasteiger partial charge on any atom is 0.407 e. The minimum Gasteiger partial charge on any atom is -0.444 e. The first-order chi connectivity index (χ1) is 8.40. The van der Waals surface area contributed by atoms with E-state index < -0.39 is 5.60 Å². The van der Waals surface area contributed by atoms with Crippen LogP contribution in [0.5, 0.6) is 0 Å². The molecule has 0 saturated heterocycles. The lowest BCUT2D eigenvalue weighted by atomic mass is 9.91. The second-order valence-corrected chi connectivity index (χ2v) is 5.94. The van der Waals surface area contributed by atoms with Crippen LogP contribution in [0.4, 0.5) is 4.79 Å². The van der Waals surface area contributed by atoms with Gasteiger partial charge in [-0.25, -0.2) is 4.79 Å². The summed E-state index contributed by atoms with van der Waals surface area (Å²) < 4.78 is 5.25. The van der Waals surface area contributed by atoms with Crippen LogP contribution in [0.25, 0.3) is 0 Å². The van der Waals surface area contributed by atoms with Gasteiger partial charge in [-0.15, -0.1) is 0 Å². The largest absolute Gasteiger partial charge is 0.444 e. The second kappa shape index (κ2) is 6.95. The van der Waals surface area contributed by atoms with Crippen LogP contribution in [-0.4, -0.2) is 36.9 Å². The average Bonchev–Trinajstić information content (AvgIpc) is 2.25. The molecule has 0 aromatic carbocycles. The molecule has 106 valence electrons. The van der Waals surface area contributed by atoms with Gasteiger partial charge >= 0.3 is 6.09 Å². The molecule has 0 unspecified atom stereocenters. The molecule has 0 aromatic heterocycles. The Morgan fingerprint density at radius 2 is 1.78 bits per heavy atom. The van der Waals surface area contributed by atoms with E-state index in [1.807, 2.05) is 20.8 Å². The Kier molecular flexibility index (Phi) is 5.88. The van der Waals surface area contributed by atoms with Crippen LogP contribution >= 0.6 is 0 Å². The molecule has 18 heavy (non-hydrogen) atoms. The van der Waals surface area contributed by atoms with Gasteiger partial charge in [0.05, 0.1) is 0 Å². The summed E-state index contributed by atoms with van der Waals surface area (Å²) in [5.41, 5.74) is 5.03. The molecule has 1 aliphatic carbocycles. The predicted molar refractivity (Wildman–Crippen MR) is 72.5 cm³/mol. The molecule has 0 atom stereocenters. The molecule has 0 heterocycles. The smallest absolute Gasteiger partial charge is 0.407 e. The third kappa shape index (κ3) is 6.21. The minimum atomic E-state index is -0.427. The molecule has 5 heteroatoms. The summed E-state index contributed by atoms with van der Waals surface area (Å²) in [7, 11) is 0. The van der Waals surface area contributed by atoms with E-state index in [0.717, 1.165) is 32.2 Å². The van der Waals surface area contributed by atoms with Crippen molar-refractivity contribution in [2.75, 3.05) is 13.1 Å². The van der Waals surface area contributed by atoms with Gasteiger partial charge in [0.25, 0.3) is 0 Å². The Bertz CT molecular complexity index is 255. The second-order valence-electron chi connectivity index (χ2n) is 5.94. The normalized spacial score (nSPS) is 24.7. The van der Waals surface area contributed by atoms with Crippen molar-refractivity contribution in [3.05, 3.63) is 0 Å². The van der Waals surface area contributed by atoms with Crippen molar-refractivity contribution in [3.8, 4) is 0 Å². The molecule has 0 aromatic rings. The third-order valence-corrected chi connectivity index (χ3v) is 3.03. The van der Waals surface area contributed by atoms with Crippen molar-refractivity contribution in [2.45, 2.75) is 64.1 Å². The van der Waals surface area contributed by atoms with E-state index in [1.54, 1.807) is 0 Å². The van der Waals surface area contributed by atoms with E-state index in [2.05, 4.69) is 10.6 Å². The van der Waals surface area contributed by atoms with Gasteiger partial charge in [0.2, 0.25) is 0 Å². The van der Waals surface area contributed by atoms with E-state index >= 15 is 0 Å². The molecule has 0 bridgehead atoms. The van der Waals surface area contributed by atoms with Crippen molar-refractivity contribution < 1.29 is 9.53 Å². The molecule has 0 aliphatic heterocycles. The van der Waals surface area contributed by atoms with Crippen LogP contribution in [0.3, 0.4) is 0 Å². The predicted octanol–water partition coefficient (Wildman–Crippen LogP) is 1.37. The summed E-state index contributed by atoms with van der Waals surface area (Å²) >= 11 is 0. The lowest BCUT2D eigenvalue weighted by Gasteiger charge is -2.30. The van der Waals surface area contributed by atoms with Crippen molar-refractivity contribution in [2.24, 2.45) is 5.73 Å². The number of alkyl carbamates (subject to hydrolysis) is 1. The van der Waals surface area contributed by atoms with Gasteiger partial charge in [0.15, 0.2) is 0 Å². The minimum absolute atomic E-state index is 0.246. The SMILES string of the molecule is CC(C)(C)OC(=O)NC1CCC(NCCN)CC1. The average molecular weight is 257 g/mol. The summed E-state index contributed by atoms with van der Waals surface area (Å²) in [6.07, 6.45) is 3.87. The molecule has 0 radical (unpaired) electrons. The standard InChI is InChI=1S/C13H27N3O2/c1-13(2,3)18-12(17)16-11-6-4-10(5-7-11)15-9-8-14/h10-11,15H,4-9,14H2,1-3H3,(H,16,17). The number of nitrogens with two attached hydrogens (primary N) is 1. The highest BCUT2D eigenvalue weighted by Crippen LogP contribution is 2.19. The lowest BCUT2D eigenvalue weighted by Crippen LogP contribution is -2.44. The fourth-order valence-corrected chi connectivity index (χ4v) is 2.20. The number of carbonyl (C=O) groups is 1. The fourth-order valence-electron chi connectivity index (χ4n) is 2.20. The molecule has 5 nitrogen and oxygen atoms in total. The molecular weight excluding hydrogens is 230 g/mol. The zero-order chi connectivity index (χ0) is 13.6. The summed E-state index contributed by atoms with van der Waals surface area (Å²) in [5, 5.41) is 6.35. The monoisotopic (exact) mass is 257 g/mol. The Labute approximate surface area is 110 Å². The van der Waals surface area contributed by atoms with Gasteiger partial charge in [-0.05, 0) is 46.5 Å². The molecule has 0 spiro atoms. The number of hydrogen-bond donors (Lipinski definition) is 3. The van der Waals surface area contributed by atoms with Gasteiger partial charge in [-0.3, -0.25) is 0 Å². The third-order valence-electron chi connectivity index (χ3n) is 3.03. The first-order valence-corrected chi connectivity index (χ1v) is 6.83. The summed E-state index contributed by atoms with van der Waals surface area (Å²) in [6.45, 7) is 7.17. The van der Waals surface area contributed by atoms with E-state index in [4.69, 9.17) is 10.5 Å². The van der Waals surface area contributed by atoms with E-state index in [9.17, 15) is 4.79 Å². The lowest BCUT2D eigenvalue weighted by molar-refractivity contribution is 0.0490. The van der Waals surface area contributed by atoms with Crippen molar-refractivity contribution in [1.82, 2.24) is 10.6 Å². The first kappa shape index (κ1) is 15.2. The van der Waals surface area contributed by atoms with Crippen LogP contribution in [0.2, 0.25) is 0 Å². The number of rotatable bonds is 4. The summed E-state index contributed by atoms with van der Waals surface area (Å²) in [6, 6.07) is 0.793. The van der Waals surface area contributed by atoms with Crippen molar-refractivity contribution in [3.63, 3.8) is 0 Å². The van der Waals surface area contributed by atoms with E-state index in [-0.39, 0.29) is 12.1 Å². The van der Waals surface area contributed by atoms with Gasteiger partial charge in [-0.2, -0.15) is 0 Å². The van der Waals surface area contributed by atoms with Gasteiger partial charge in [0, 0.05) is 25.2 Å². The van der Waals surface area contributed by atoms with Crippen molar-refractivity contribution >= 4 is 6.09 Å². The highest BCUT2D eigenvalue weighted by atomic mass is 16.6. The molecule has 1 fully saturated rings. The maximum atomic E-state index is 11.6. The number of nitrogens with one attached hydrogen (secondary N) is 2. The summed E-state index contributed by atoms with van der Waals surface area (Å²) in [5.74, 6) is 0. The van der Waals surface area contributed by atoms with Gasteiger partial charge < -0.3 is 21.1 Å². The fraction of sp³-hybridized carbons (Fsp3) is 0.923. The topological polar surface area (TPSA) is 76.4 Å². The highest BCUT2D eigenvalue weighted by Gasteiger charge is 2.24. The van der Waals surface area contributed by atoms with Gasteiger partial charge in [-0.1, -0.05) is 0 Å². The van der Waals surface area contributed by atoms with E-state index in [0.29, 0.717) is 12.6 Å². The molecule has 4 N–H and O–H groups in total. The molecule has 1 amide bonds.